The molecule has 3 nitrogen and oxygen atoms in total. The van der Waals surface area contributed by atoms with Gasteiger partial charge in [-0.1, -0.05) is 36.4 Å². The van der Waals surface area contributed by atoms with Crippen molar-refractivity contribution in [3.8, 4) is 0 Å². The molecule has 3 N–H and O–H groups in total. The zero-order valence-corrected chi connectivity index (χ0v) is 11.3. The smallest absolute Gasteiger partial charge is 0.0805 e. The number of nitrogens with one attached hydrogen (secondary N) is 1. The normalized spacial score (nSPS) is 14.4. The van der Waals surface area contributed by atoms with E-state index in [0.717, 1.165) is 29.4 Å². The molecule has 0 saturated carbocycles. The predicted octanol–water partition coefficient (Wildman–Crippen LogP) is 3.55. The number of hydrogen-bond donors (Lipinski definition) is 2. The first-order valence-electron chi connectivity index (χ1n) is 7.18. The molecule has 3 aromatic rings. The highest BCUT2D eigenvalue weighted by molar-refractivity contribution is 6.09. The Labute approximate surface area is 117 Å². The molecule has 100 valence electrons. The van der Waals surface area contributed by atoms with Gasteiger partial charge in [0.25, 0.3) is 0 Å². The van der Waals surface area contributed by atoms with Gasteiger partial charge < -0.3 is 5.43 Å². The molecule has 0 bridgehead atoms. The van der Waals surface area contributed by atoms with Crippen molar-refractivity contribution in [2.75, 3.05) is 5.43 Å². The molecule has 20 heavy (non-hydrogen) atoms. The van der Waals surface area contributed by atoms with Gasteiger partial charge in [-0.2, -0.15) is 0 Å². The van der Waals surface area contributed by atoms with Crippen molar-refractivity contribution in [2.45, 2.75) is 25.7 Å². The Morgan fingerprint density at radius 2 is 1.80 bits per heavy atom. The van der Waals surface area contributed by atoms with Crippen LogP contribution in [0.2, 0.25) is 0 Å². The maximum Gasteiger partial charge on any atom is 0.0805 e. The first-order chi connectivity index (χ1) is 9.88. The van der Waals surface area contributed by atoms with Crippen molar-refractivity contribution < 1.29 is 0 Å². The minimum Gasteiger partial charge on any atom is -0.323 e. The fourth-order valence-electron chi connectivity index (χ4n) is 3.32. The Morgan fingerprint density at radius 3 is 2.70 bits per heavy atom. The van der Waals surface area contributed by atoms with E-state index in [1.165, 1.54) is 34.9 Å². The van der Waals surface area contributed by atoms with Crippen molar-refractivity contribution in [1.29, 1.82) is 0 Å². The summed E-state index contributed by atoms with van der Waals surface area (Å²) in [4.78, 5) is 4.96. The zero-order chi connectivity index (χ0) is 13.5. The van der Waals surface area contributed by atoms with Crippen LogP contribution in [0.4, 0.5) is 5.69 Å². The third-order valence-corrected chi connectivity index (χ3v) is 4.30. The lowest BCUT2D eigenvalue weighted by atomic mass is 9.92. The molecule has 0 amide bonds. The molecule has 2 aromatic carbocycles. The molecule has 0 unspecified atom stereocenters. The molecule has 0 aliphatic heterocycles. The quantitative estimate of drug-likeness (QED) is 0.401. The highest BCUT2D eigenvalue weighted by atomic mass is 15.2. The van der Waals surface area contributed by atoms with Crippen LogP contribution < -0.4 is 11.3 Å². The minimum absolute atomic E-state index is 1.06. The number of nitrogen functional groups attached to an aromatic ring is 1. The second-order valence-corrected chi connectivity index (χ2v) is 5.45. The summed E-state index contributed by atoms with van der Waals surface area (Å²) >= 11 is 0. The number of fused-ring (bicyclic) bond motifs is 4. The Balaban J connectivity index is 2.17. The Hall–Kier alpha value is -2.13. The topological polar surface area (TPSA) is 50.9 Å². The number of aryl methyl sites for hydroxylation is 1. The largest absolute Gasteiger partial charge is 0.323 e. The molecule has 1 aromatic heterocycles. The molecule has 1 aliphatic carbocycles. The number of hydrazine groups is 1. The molecule has 4 rings (SSSR count). The average molecular weight is 263 g/mol. The number of benzene rings is 2. The second kappa shape index (κ2) is 4.46. The first-order valence-corrected chi connectivity index (χ1v) is 7.18. The summed E-state index contributed by atoms with van der Waals surface area (Å²) in [5, 5.41) is 3.56. The molecule has 3 heteroatoms. The first kappa shape index (κ1) is 11.7. The second-order valence-electron chi connectivity index (χ2n) is 5.45. The van der Waals surface area contributed by atoms with Gasteiger partial charge in [-0.25, -0.2) is 0 Å². The molecule has 0 atom stereocenters. The number of hydrogen-bond acceptors (Lipinski definition) is 3. The number of pyridine rings is 1. The van der Waals surface area contributed by atoms with Crippen LogP contribution in [-0.2, 0) is 12.8 Å². The van der Waals surface area contributed by atoms with Crippen LogP contribution in [0.5, 0.6) is 0 Å². The zero-order valence-electron chi connectivity index (χ0n) is 11.3. The molecular formula is C17H17N3. The van der Waals surface area contributed by atoms with Crippen LogP contribution in [0.15, 0.2) is 36.4 Å². The molecule has 1 heterocycles. The Bertz CT molecular complexity index is 808. The third-order valence-electron chi connectivity index (χ3n) is 4.30. The molecule has 0 fully saturated rings. The highest BCUT2D eigenvalue weighted by Gasteiger charge is 2.18. The number of nitrogens with two attached hydrogens (primary N) is 1. The minimum atomic E-state index is 1.06. The lowest BCUT2D eigenvalue weighted by Crippen LogP contribution is -2.15. The Kier molecular flexibility index (Phi) is 2.60. The van der Waals surface area contributed by atoms with Crippen molar-refractivity contribution in [2.24, 2.45) is 5.84 Å². The summed E-state index contributed by atoms with van der Waals surface area (Å²) in [7, 11) is 0. The van der Waals surface area contributed by atoms with E-state index in [1.54, 1.807) is 0 Å². The van der Waals surface area contributed by atoms with E-state index in [-0.39, 0.29) is 0 Å². The summed E-state index contributed by atoms with van der Waals surface area (Å²) in [6, 6.07) is 12.7. The van der Waals surface area contributed by atoms with E-state index < -0.39 is 0 Å². The highest BCUT2D eigenvalue weighted by Crippen LogP contribution is 2.35. The van der Waals surface area contributed by atoms with E-state index in [1.807, 2.05) is 0 Å². The van der Waals surface area contributed by atoms with E-state index in [2.05, 4.69) is 41.8 Å². The van der Waals surface area contributed by atoms with Crippen LogP contribution in [0.1, 0.15) is 24.1 Å². The number of nitrogens with zero attached hydrogens (tertiary/aromatic N) is 1. The maximum atomic E-state index is 5.81. The van der Waals surface area contributed by atoms with Gasteiger partial charge in [-0.15, -0.1) is 0 Å². The van der Waals surface area contributed by atoms with E-state index in [4.69, 9.17) is 10.8 Å². The van der Waals surface area contributed by atoms with Crippen LogP contribution >= 0.6 is 0 Å². The average Bonchev–Trinajstić information content (AvgIpc) is 2.52. The predicted molar refractivity (Wildman–Crippen MR) is 83.7 cm³/mol. The van der Waals surface area contributed by atoms with Gasteiger partial charge in [0.2, 0.25) is 0 Å². The lowest BCUT2D eigenvalue weighted by Gasteiger charge is -2.20. The van der Waals surface area contributed by atoms with Gasteiger partial charge in [-0.3, -0.25) is 10.8 Å². The van der Waals surface area contributed by atoms with Crippen molar-refractivity contribution in [3.05, 3.63) is 47.7 Å². The van der Waals surface area contributed by atoms with Gasteiger partial charge >= 0.3 is 0 Å². The van der Waals surface area contributed by atoms with Crippen LogP contribution in [0, 0.1) is 0 Å². The molecule has 0 saturated heterocycles. The van der Waals surface area contributed by atoms with E-state index in [9.17, 15) is 0 Å². The standard InChI is InChI=1S/C17H17N3/c18-20-17-13-7-3-4-8-15(13)19-16-12-6-2-1-5-11(12)9-10-14(16)17/h1-2,5-6,9-10H,3-4,7-8,18H2,(H,19,20). The fraction of sp³-hybridized carbons (Fsp3) is 0.235. The monoisotopic (exact) mass is 263 g/mol. The Morgan fingerprint density at radius 1 is 0.950 bits per heavy atom. The molecule has 0 spiro atoms. The number of aromatic nitrogens is 1. The van der Waals surface area contributed by atoms with Crippen LogP contribution in [-0.4, -0.2) is 4.98 Å². The van der Waals surface area contributed by atoms with Crippen molar-refractivity contribution >= 4 is 27.4 Å². The van der Waals surface area contributed by atoms with E-state index >= 15 is 0 Å². The number of rotatable bonds is 1. The van der Waals surface area contributed by atoms with Crippen molar-refractivity contribution in [3.63, 3.8) is 0 Å². The summed E-state index contributed by atoms with van der Waals surface area (Å²) in [6.07, 6.45) is 4.58. The van der Waals surface area contributed by atoms with Crippen LogP contribution in [0.25, 0.3) is 21.7 Å². The molecule has 0 radical (unpaired) electrons. The maximum absolute atomic E-state index is 5.81. The summed E-state index contributed by atoms with van der Waals surface area (Å²) in [6.45, 7) is 0. The van der Waals surface area contributed by atoms with Gasteiger partial charge in [-0.05, 0) is 36.6 Å². The fourth-order valence-corrected chi connectivity index (χ4v) is 3.32. The van der Waals surface area contributed by atoms with Gasteiger partial charge in [0.15, 0.2) is 0 Å². The SMILES string of the molecule is NNc1c2c(nc3c1ccc1ccccc13)CCCC2. The van der Waals surface area contributed by atoms with Crippen LogP contribution in [0.3, 0.4) is 0 Å². The lowest BCUT2D eigenvalue weighted by molar-refractivity contribution is 0.672. The summed E-state index contributed by atoms with van der Waals surface area (Å²) in [5.74, 6) is 5.81. The third kappa shape index (κ3) is 1.60. The number of anilines is 1. The molecular weight excluding hydrogens is 246 g/mol. The summed E-state index contributed by atoms with van der Waals surface area (Å²) in [5.41, 5.74) is 7.58. The van der Waals surface area contributed by atoms with Gasteiger partial charge in [0.1, 0.15) is 0 Å². The summed E-state index contributed by atoms with van der Waals surface area (Å²) < 4.78 is 0. The van der Waals surface area contributed by atoms with Gasteiger partial charge in [0, 0.05) is 16.5 Å². The van der Waals surface area contributed by atoms with E-state index in [0.29, 0.717) is 0 Å². The van der Waals surface area contributed by atoms with Crippen molar-refractivity contribution in [1.82, 2.24) is 4.98 Å². The molecule has 1 aliphatic rings. The van der Waals surface area contributed by atoms with Gasteiger partial charge in [0.05, 0.1) is 11.2 Å².